The lowest BCUT2D eigenvalue weighted by Gasteiger charge is -2.36. The first-order chi connectivity index (χ1) is 11.7. The molecule has 1 fully saturated rings. The Kier molecular flexibility index (Phi) is 5.64. The number of piperazine rings is 1. The van der Waals surface area contributed by atoms with Gasteiger partial charge in [-0.25, -0.2) is 0 Å². The molecule has 1 atom stereocenters. The Labute approximate surface area is 158 Å². The molecule has 1 amide bonds. The number of hydrogen-bond donors (Lipinski definition) is 1. The molecule has 1 unspecified atom stereocenters. The first-order valence-electron chi connectivity index (χ1n) is 8.19. The van der Waals surface area contributed by atoms with E-state index in [-0.39, 0.29) is 24.4 Å². The molecule has 6 heteroatoms. The van der Waals surface area contributed by atoms with Gasteiger partial charge >= 0.3 is 0 Å². The van der Waals surface area contributed by atoms with Gasteiger partial charge in [-0.3, -0.25) is 4.79 Å². The van der Waals surface area contributed by atoms with Crippen LogP contribution in [-0.4, -0.2) is 30.4 Å². The molecule has 0 saturated carbocycles. The van der Waals surface area contributed by atoms with Gasteiger partial charge < -0.3 is 15.0 Å². The van der Waals surface area contributed by atoms with Gasteiger partial charge in [-0.2, -0.15) is 0 Å². The maximum Gasteiger partial charge on any atom is 0.254 e. The number of carbonyl (C=O) groups excluding carboxylic acids is 1. The molecule has 1 N–H and O–H groups in total. The third-order valence-electron chi connectivity index (χ3n) is 4.71. The van der Waals surface area contributed by atoms with Crippen LogP contribution in [-0.2, 0) is 18.0 Å². The lowest BCUT2D eigenvalue weighted by molar-refractivity contribution is 0.0634. The lowest BCUT2D eigenvalue weighted by Crippen LogP contribution is -2.48. The molecule has 4 nitrogen and oxygen atoms in total. The van der Waals surface area contributed by atoms with Crippen LogP contribution in [0.1, 0.15) is 33.1 Å². The summed E-state index contributed by atoms with van der Waals surface area (Å²) in [6.45, 7) is 3.46. The standard InChI is InChI=1S/C19H19ClN2O2.ClH/c20-17-3-1-2-13(9-17)18-10-21-6-7-22(18)19(23)14-4-5-15-11-24-12-16(15)8-14;/h1-5,8-9,18,21H,6-7,10-12H2;1H. The number of nitrogens with zero attached hydrogens (tertiary/aromatic N) is 1. The molecule has 2 aliphatic rings. The van der Waals surface area contributed by atoms with Crippen molar-refractivity contribution in [1.29, 1.82) is 0 Å². The van der Waals surface area contributed by atoms with E-state index < -0.39 is 0 Å². The quantitative estimate of drug-likeness (QED) is 0.867. The van der Waals surface area contributed by atoms with Crippen molar-refractivity contribution in [1.82, 2.24) is 10.2 Å². The van der Waals surface area contributed by atoms with Gasteiger partial charge in [0, 0.05) is 30.2 Å². The van der Waals surface area contributed by atoms with Crippen LogP contribution in [0.5, 0.6) is 0 Å². The summed E-state index contributed by atoms with van der Waals surface area (Å²) in [4.78, 5) is 15.0. The smallest absolute Gasteiger partial charge is 0.254 e. The van der Waals surface area contributed by atoms with Gasteiger partial charge in [-0.15, -0.1) is 12.4 Å². The van der Waals surface area contributed by atoms with Crippen LogP contribution < -0.4 is 5.32 Å². The van der Waals surface area contributed by atoms with Gasteiger partial charge in [0.15, 0.2) is 0 Å². The van der Waals surface area contributed by atoms with Gasteiger partial charge in [-0.05, 0) is 41.0 Å². The SMILES string of the molecule is Cl.O=C(c1ccc2c(c1)COC2)N1CCNCC1c1cccc(Cl)c1. The Morgan fingerprint density at radius 1 is 1.16 bits per heavy atom. The summed E-state index contributed by atoms with van der Waals surface area (Å²) in [6.07, 6.45) is 0. The molecule has 1 saturated heterocycles. The molecule has 2 aliphatic heterocycles. The fraction of sp³-hybridized carbons (Fsp3) is 0.316. The van der Waals surface area contributed by atoms with Crippen LogP contribution in [0.15, 0.2) is 42.5 Å². The number of ether oxygens (including phenoxy) is 1. The van der Waals surface area contributed by atoms with E-state index in [4.69, 9.17) is 16.3 Å². The molecule has 0 spiro atoms. The Balaban J connectivity index is 0.00000182. The molecular weight excluding hydrogens is 359 g/mol. The van der Waals surface area contributed by atoms with Crippen molar-refractivity contribution in [2.24, 2.45) is 0 Å². The molecule has 2 aromatic rings. The number of hydrogen-bond acceptors (Lipinski definition) is 3. The number of carbonyl (C=O) groups is 1. The van der Waals surface area contributed by atoms with E-state index >= 15 is 0 Å². The van der Waals surface area contributed by atoms with E-state index in [2.05, 4.69) is 5.32 Å². The van der Waals surface area contributed by atoms with E-state index in [0.29, 0.717) is 24.8 Å². The highest BCUT2D eigenvalue weighted by Gasteiger charge is 2.29. The third kappa shape index (κ3) is 3.67. The predicted molar refractivity (Wildman–Crippen MR) is 100 cm³/mol. The maximum atomic E-state index is 13.1. The summed E-state index contributed by atoms with van der Waals surface area (Å²) in [5.41, 5.74) is 4.09. The minimum atomic E-state index is -0.00513. The second-order valence-corrected chi connectivity index (χ2v) is 6.69. The number of halogens is 2. The van der Waals surface area contributed by atoms with Gasteiger partial charge in [-0.1, -0.05) is 29.8 Å². The van der Waals surface area contributed by atoms with E-state index in [9.17, 15) is 4.79 Å². The van der Waals surface area contributed by atoms with E-state index in [1.54, 1.807) is 0 Å². The van der Waals surface area contributed by atoms with Gasteiger partial charge in [0.05, 0.1) is 19.3 Å². The van der Waals surface area contributed by atoms with Crippen molar-refractivity contribution in [2.75, 3.05) is 19.6 Å². The molecule has 2 aromatic carbocycles. The highest BCUT2D eigenvalue weighted by Crippen LogP contribution is 2.28. The maximum absolute atomic E-state index is 13.1. The van der Waals surface area contributed by atoms with Crippen molar-refractivity contribution in [3.05, 3.63) is 69.7 Å². The van der Waals surface area contributed by atoms with Gasteiger partial charge in [0.25, 0.3) is 5.91 Å². The molecule has 25 heavy (non-hydrogen) atoms. The summed E-state index contributed by atoms with van der Waals surface area (Å²) >= 11 is 6.13. The van der Waals surface area contributed by atoms with E-state index in [0.717, 1.165) is 29.8 Å². The summed E-state index contributed by atoms with van der Waals surface area (Å²) in [5.74, 6) is 0.0659. The second-order valence-electron chi connectivity index (χ2n) is 6.25. The van der Waals surface area contributed by atoms with Crippen LogP contribution in [0.25, 0.3) is 0 Å². The predicted octanol–water partition coefficient (Wildman–Crippen LogP) is 3.58. The fourth-order valence-electron chi connectivity index (χ4n) is 3.43. The van der Waals surface area contributed by atoms with Crippen molar-refractivity contribution >= 4 is 29.9 Å². The molecule has 0 aromatic heterocycles. The van der Waals surface area contributed by atoms with Gasteiger partial charge in [0.2, 0.25) is 0 Å². The zero-order valence-corrected chi connectivity index (χ0v) is 15.3. The van der Waals surface area contributed by atoms with E-state index in [1.165, 1.54) is 5.56 Å². The fourth-order valence-corrected chi connectivity index (χ4v) is 3.63. The lowest BCUT2D eigenvalue weighted by atomic mass is 10.0. The normalized spacial score (nSPS) is 19.2. The van der Waals surface area contributed by atoms with Crippen LogP contribution >= 0.6 is 24.0 Å². The minimum absolute atomic E-state index is 0. The summed E-state index contributed by atoms with van der Waals surface area (Å²) < 4.78 is 5.45. The number of nitrogens with one attached hydrogen (secondary N) is 1. The van der Waals surface area contributed by atoms with Crippen LogP contribution in [0, 0.1) is 0 Å². The Morgan fingerprint density at radius 2 is 2.00 bits per heavy atom. The van der Waals surface area contributed by atoms with Gasteiger partial charge in [0.1, 0.15) is 0 Å². The monoisotopic (exact) mass is 378 g/mol. The largest absolute Gasteiger partial charge is 0.372 e. The summed E-state index contributed by atoms with van der Waals surface area (Å²) in [6, 6.07) is 13.6. The average molecular weight is 379 g/mol. The van der Waals surface area contributed by atoms with Crippen LogP contribution in [0.4, 0.5) is 0 Å². The second kappa shape index (κ2) is 7.75. The number of amides is 1. The first-order valence-corrected chi connectivity index (χ1v) is 8.57. The minimum Gasteiger partial charge on any atom is -0.372 e. The van der Waals surface area contributed by atoms with Crippen molar-refractivity contribution < 1.29 is 9.53 Å². The molecule has 132 valence electrons. The average Bonchev–Trinajstić information content (AvgIpc) is 3.09. The summed E-state index contributed by atoms with van der Waals surface area (Å²) in [7, 11) is 0. The zero-order valence-electron chi connectivity index (χ0n) is 13.7. The molecule has 2 heterocycles. The third-order valence-corrected chi connectivity index (χ3v) is 4.94. The zero-order chi connectivity index (χ0) is 16.5. The highest BCUT2D eigenvalue weighted by atomic mass is 35.5. The van der Waals surface area contributed by atoms with Crippen molar-refractivity contribution in [3.63, 3.8) is 0 Å². The Hall–Kier alpha value is -1.59. The number of benzene rings is 2. The molecule has 0 bridgehead atoms. The van der Waals surface area contributed by atoms with Crippen molar-refractivity contribution in [3.8, 4) is 0 Å². The molecular formula is C19H20Cl2N2O2. The van der Waals surface area contributed by atoms with Crippen molar-refractivity contribution in [2.45, 2.75) is 19.3 Å². The molecule has 0 radical (unpaired) electrons. The molecule has 0 aliphatic carbocycles. The van der Waals surface area contributed by atoms with E-state index in [1.807, 2.05) is 47.4 Å². The van der Waals surface area contributed by atoms with Crippen LogP contribution in [0.2, 0.25) is 5.02 Å². The highest BCUT2D eigenvalue weighted by molar-refractivity contribution is 6.30. The molecule has 4 rings (SSSR count). The first kappa shape index (κ1) is 18.2. The topological polar surface area (TPSA) is 41.6 Å². The Bertz CT molecular complexity index is 782. The number of fused-ring (bicyclic) bond motifs is 1. The Morgan fingerprint density at radius 3 is 2.84 bits per heavy atom. The number of rotatable bonds is 2. The summed E-state index contributed by atoms with van der Waals surface area (Å²) in [5, 5.41) is 4.07. The van der Waals surface area contributed by atoms with Crippen LogP contribution in [0.3, 0.4) is 0 Å².